The summed E-state index contributed by atoms with van der Waals surface area (Å²) in [6.45, 7) is 1.72. The maximum absolute atomic E-state index is 13.3. The minimum Gasteiger partial charge on any atom is -0.481 e. The van der Waals surface area contributed by atoms with E-state index in [1.165, 1.54) is 0 Å². The first-order valence-electron chi connectivity index (χ1n) is 14.9. The molecule has 4 amide bonds. The average Bonchev–Trinajstić information content (AvgIpc) is 3.04. The number of ether oxygens (including phenoxy) is 3. The zero-order valence-electron chi connectivity index (χ0n) is 26.4. The lowest BCUT2D eigenvalue weighted by molar-refractivity contribution is -0.146. The highest BCUT2D eigenvalue weighted by Crippen LogP contribution is 2.08. The fourth-order valence-electron chi connectivity index (χ4n) is 3.89. The number of carbonyl (C=O) groups excluding carboxylic acids is 5. The van der Waals surface area contributed by atoms with Crippen LogP contribution >= 0.6 is 0 Å². The predicted molar refractivity (Wildman–Crippen MR) is 165 cm³/mol. The predicted octanol–water partition coefficient (Wildman–Crippen LogP) is -0.216. The van der Waals surface area contributed by atoms with E-state index in [-0.39, 0.29) is 65.4 Å². The van der Waals surface area contributed by atoms with Crippen LogP contribution in [0, 0.1) is 0 Å². The molecule has 1 aromatic rings. The standard InChI is InChI=1S/C29H41N7O12/c1-19(37)33-21(7-9-24(38)39)28(44)34-22(8-10-26(42)48-18-20-5-3-2-4-6-20)29(45)35-23(17-25(40)41)27(43)31-11-13-46-15-16-47-14-12-32-36-30/h2-6,21-23H,7-18H2,1H3,(H,31,43)(H,33,37)(H,34,44)(H,35,45)(H,38,39)(H,40,41)/t21-,22-,23-/m0/s1. The van der Waals surface area contributed by atoms with Crippen molar-refractivity contribution in [1.82, 2.24) is 21.3 Å². The van der Waals surface area contributed by atoms with Crippen LogP contribution in [0.5, 0.6) is 0 Å². The molecule has 0 radical (unpaired) electrons. The Hall–Kier alpha value is -5.26. The Morgan fingerprint density at radius 3 is 2.00 bits per heavy atom. The largest absolute Gasteiger partial charge is 0.481 e. The highest BCUT2D eigenvalue weighted by molar-refractivity contribution is 5.95. The molecule has 0 aliphatic carbocycles. The maximum atomic E-state index is 13.3. The van der Waals surface area contributed by atoms with E-state index in [0.717, 1.165) is 6.92 Å². The van der Waals surface area contributed by atoms with Crippen molar-refractivity contribution in [3.63, 3.8) is 0 Å². The molecule has 0 unspecified atom stereocenters. The van der Waals surface area contributed by atoms with Gasteiger partial charge >= 0.3 is 17.9 Å². The molecule has 19 nitrogen and oxygen atoms in total. The molecule has 6 N–H and O–H groups in total. The van der Waals surface area contributed by atoms with Gasteiger partial charge in [-0.3, -0.25) is 33.6 Å². The summed E-state index contributed by atoms with van der Waals surface area (Å²) >= 11 is 0. The molecule has 48 heavy (non-hydrogen) atoms. The van der Waals surface area contributed by atoms with Crippen LogP contribution in [0.2, 0.25) is 0 Å². The van der Waals surface area contributed by atoms with E-state index < -0.39 is 72.5 Å². The summed E-state index contributed by atoms with van der Waals surface area (Å²) in [7, 11) is 0. The number of hydrogen-bond donors (Lipinski definition) is 6. The van der Waals surface area contributed by atoms with Gasteiger partial charge in [-0.2, -0.15) is 0 Å². The highest BCUT2D eigenvalue weighted by Gasteiger charge is 2.31. The Labute approximate surface area is 275 Å². The summed E-state index contributed by atoms with van der Waals surface area (Å²) in [6.07, 6.45) is -2.37. The van der Waals surface area contributed by atoms with Crippen LogP contribution < -0.4 is 21.3 Å². The topological polar surface area (TPSA) is 285 Å². The van der Waals surface area contributed by atoms with Crippen molar-refractivity contribution in [2.24, 2.45) is 5.11 Å². The fraction of sp³-hybridized carbons (Fsp3) is 0.552. The molecule has 0 aliphatic heterocycles. The zero-order chi connectivity index (χ0) is 35.7. The number of nitrogens with zero attached hydrogens (tertiary/aromatic N) is 3. The number of carboxylic acids is 2. The maximum Gasteiger partial charge on any atom is 0.306 e. The summed E-state index contributed by atoms with van der Waals surface area (Å²) in [4.78, 5) is 88.4. The number of amides is 4. The van der Waals surface area contributed by atoms with Crippen LogP contribution in [0.3, 0.4) is 0 Å². The molecule has 0 spiro atoms. The van der Waals surface area contributed by atoms with Gasteiger partial charge < -0.3 is 45.7 Å². The van der Waals surface area contributed by atoms with Crippen LogP contribution in [0.15, 0.2) is 35.4 Å². The smallest absolute Gasteiger partial charge is 0.306 e. The van der Waals surface area contributed by atoms with Gasteiger partial charge in [0, 0.05) is 37.8 Å². The summed E-state index contributed by atoms with van der Waals surface area (Å²) in [5.41, 5.74) is 8.91. The van der Waals surface area contributed by atoms with E-state index in [1.54, 1.807) is 30.3 Å². The van der Waals surface area contributed by atoms with Crippen LogP contribution in [0.4, 0.5) is 0 Å². The van der Waals surface area contributed by atoms with Crippen molar-refractivity contribution < 1.29 is 58.0 Å². The number of carboxylic acid groups (broad SMARTS) is 2. The fourth-order valence-corrected chi connectivity index (χ4v) is 3.89. The van der Waals surface area contributed by atoms with Gasteiger partial charge in [-0.1, -0.05) is 35.4 Å². The van der Waals surface area contributed by atoms with Gasteiger partial charge in [0.15, 0.2) is 0 Å². The van der Waals surface area contributed by atoms with Crippen molar-refractivity contribution in [3.8, 4) is 0 Å². The van der Waals surface area contributed by atoms with Crippen molar-refractivity contribution in [2.75, 3.05) is 39.5 Å². The minimum atomic E-state index is -1.60. The summed E-state index contributed by atoms with van der Waals surface area (Å²) in [6, 6.07) is 4.27. The number of esters is 1. The van der Waals surface area contributed by atoms with E-state index >= 15 is 0 Å². The second-order valence-corrected chi connectivity index (χ2v) is 10.1. The number of azide groups is 1. The number of benzene rings is 1. The summed E-state index contributed by atoms with van der Waals surface area (Å²) in [5, 5.41) is 31.1. The third-order valence-corrected chi connectivity index (χ3v) is 6.18. The lowest BCUT2D eigenvalue weighted by atomic mass is 10.1. The second kappa shape index (κ2) is 24.0. The van der Waals surface area contributed by atoms with E-state index in [9.17, 15) is 38.7 Å². The van der Waals surface area contributed by atoms with Gasteiger partial charge in [0.05, 0.1) is 32.8 Å². The monoisotopic (exact) mass is 679 g/mol. The Balaban J connectivity index is 2.91. The van der Waals surface area contributed by atoms with E-state index in [1.807, 2.05) is 0 Å². The molecule has 0 aromatic heterocycles. The van der Waals surface area contributed by atoms with E-state index in [4.69, 9.17) is 24.8 Å². The lowest BCUT2D eigenvalue weighted by Gasteiger charge is -2.24. The van der Waals surface area contributed by atoms with Gasteiger partial charge in [0.2, 0.25) is 23.6 Å². The second-order valence-electron chi connectivity index (χ2n) is 10.1. The summed E-state index contributed by atoms with van der Waals surface area (Å²) < 4.78 is 15.7. The molecule has 3 atom stereocenters. The Morgan fingerprint density at radius 2 is 1.40 bits per heavy atom. The molecule has 19 heteroatoms. The SMILES string of the molecule is CC(=O)N[C@@H](CCC(=O)O)C(=O)N[C@@H](CCC(=O)OCc1ccccc1)C(=O)N[C@@H](CC(=O)O)C(=O)NCCOCCOCCN=[N+]=[N-]. The third-order valence-electron chi connectivity index (χ3n) is 6.18. The molecule has 0 heterocycles. The number of carbonyl (C=O) groups is 7. The Bertz CT molecular complexity index is 1270. The first kappa shape index (κ1) is 40.8. The minimum absolute atomic E-state index is 0.0177. The Morgan fingerprint density at radius 1 is 0.792 bits per heavy atom. The number of aliphatic carboxylic acids is 2. The van der Waals surface area contributed by atoms with Crippen molar-refractivity contribution >= 4 is 41.5 Å². The number of nitrogens with one attached hydrogen (secondary N) is 4. The van der Waals surface area contributed by atoms with Crippen molar-refractivity contribution in [2.45, 2.75) is 63.8 Å². The van der Waals surface area contributed by atoms with E-state index in [0.29, 0.717) is 5.56 Å². The first-order valence-corrected chi connectivity index (χ1v) is 14.9. The average molecular weight is 680 g/mol. The molecule has 1 rings (SSSR count). The first-order chi connectivity index (χ1) is 22.9. The normalized spacial score (nSPS) is 12.3. The van der Waals surface area contributed by atoms with Gasteiger partial charge in [-0.05, 0) is 23.9 Å². The third kappa shape index (κ3) is 19.3. The number of hydrogen-bond acceptors (Lipinski definition) is 11. The van der Waals surface area contributed by atoms with Crippen LogP contribution in [0.1, 0.15) is 44.6 Å². The van der Waals surface area contributed by atoms with Crippen molar-refractivity contribution in [3.05, 3.63) is 46.3 Å². The van der Waals surface area contributed by atoms with Gasteiger partial charge in [0.25, 0.3) is 0 Å². The molecule has 0 bridgehead atoms. The lowest BCUT2D eigenvalue weighted by Crippen LogP contribution is -2.57. The van der Waals surface area contributed by atoms with Crippen LogP contribution in [-0.2, 0) is 54.4 Å². The number of rotatable bonds is 25. The molecule has 1 aromatic carbocycles. The molecule has 264 valence electrons. The van der Waals surface area contributed by atoms with Gasteiger partial charge in [0.1, 0.15) is 24.7 Å². The van der Waals surface area contributed by atoms with E-state index in [2.05, 4.69) is 31.3 Å². The van der Waals surface area contributed by atoms with Crippen molar-refractivity contribution in [1.29, 1.82) is 0 Å². The van der Waals surface area contributed by atoms with Gasteiger partial charge in [-0.15, -0.1) is 0 Å². The highest BCUT2D eigenvalue weighted by atomic mass is 16.5. The van der Waals surface area contributed by atoms with Gasteiger partial charge in [-0.25, -0.2) is 0 Å². The molecular weight excluding hydrogens is 638 g/mol. The molecule has 0 aliphatic rings. The summed E-state index contributed by atoms with van der Waals surface area (Å²) in [5.74, 6) is -6.87. The zero-order valence-corrected chi connectivity index (χ0v) is 26.4. The molecular formula is C29H41N7O12. The molecule has 0 saturated carbocycles. The van der Waals surface area contributed by atoms with Crippen LogP contribution in [-0.4, -0.2) is 109 Å². The van der Waals surface area contributed by atoms with Crippen LogP contribution in [0.25, 0.3) is 10.4 Å². The molecule has 0 saturated heterocycles. The molecule has 0 fully saturated rings. The Kier molecular flexibility index (Phi) is 20.4. The quantitative estimate of drug-likeness (QED) is 0.0257.